The number of fused-ring (bicyclic) bond motifs is 1. The first-order valence-corrected chi connectivity index (χ1v) is 8.18. The van der Waals surface area contributed by atoms with E-state index in [4.69, 9.17) is 10.5 Å². The molecule has 3 N–H and O–H groups in total. The second-order valence-electron chi connectivity index (χ2n) is 5.88. The number of hydrogen-bond donors (Lipinski definition) is 2. The standard InChI is InChI=1S/C19H22N2O4/c1-3-25-19(24)12(2)10-16(17(20)22)21-18(23)15-9-8-13-6-4-5-7-14(13)11-15/h4-9,11-12,16H,3,10H2,1-2H3,(H2,20,22)(H,21,23)/t12-,16-/m1/s1. The van der Waals surface area contributed by atoms with Crippen molar-refractivity contribution in [3.63, 3.8) is 0 Å². The lowest BCUT2D eigenvalue weighted by molar-refractivity contribution is -0.147. The van der Waals surface area contributed by atoms with Crippen LogP contribution in [0.4, 0.5) is 0 Å². The summed E-state index contributed by atoms with van der Waals surface area (Å²) in [6.07, 6.45) is 0.0908. The van der Waals surface area contributed by atoms with Gasteiger partial charge in [-0.05, 0) is 36.2 Å². The summed E-state index contributed by atoms with van der Waals surface area (Å²) in [5.74, 6) is -2.07. The topological polar surface area (TPSA) is 98.5 Å². The maximum Gasteiger partial charge on any atom is 0.308 e. The van der Waals surface area contributed by atoms with E-state index in [1.54, 1.807) is 26.0 Å². The molecule has 0 fully saturated rings. The van der Waals surface area contributed by atoms with Crippen LogP contribution < -0.4 is 11.1 Å². The number of rotatable bonds is 7. The summed E-state index contributed by atoms with van der Waals surface area (Å²) in [5.41, 5.74) is 5.80. The summed E-state index contributed by atoms with van der Waals surface area (Å²) in [4.78, 5) is 35.8. The number of carbonyl (C=O) groups excluding carboxylic acids is 3. The maximum atomic E-state index is 12.4. The third-order valence-corrected chi connectivity index (χ3v) is 3.94. The van der Waals surface area contributed by atoms with Gasteiger partial charge in [0.1, 0.15) is 6.04 Å². The molecular formula is C19H22N2O4. The van der Waals surface area contributed by atoms with Gasteiger partial charge in [0, 0.05) is 5.56 Å². The van der Waals surface area contributed by atoms with Crippen molar-refractivity contribution in [2.75, 3.05) is 6.61 Å². The van der Waals surface area contributed by atoms with E-state index in [1.165, 1.54) is 0 Å². The van der Waals surface area contributed by atoms with Gasteiger partial charge in [0.25, 0.3) is 5.91 Å². The normalized spacial score (nSPS) is 13.0. The van der Waals surface area contributed by atoms with Gasteiger partial charge in [0.15, 0.2) is 0 Å². The zero-order valence-corrected chi connectivity index (χ0v) is 14.3. The van der Waals surface area contributed by atoms with E-state index < -0.39 is 29.7 Å². The summed E-state index contributed by atoms with van der Waals surface area (Å²) >= 11 is 0. The second kappa shape index (κ2) is 8.28. The van der Waals surface area contributed by atoms with E-state index in [-0.39, 0.29) is 13.0 Å². The van der Waals surface area contributed by atoms with Gasteiger partial charge in [-0.2, -0.15) is 0 Å². The summed E-state index contributed by atoms with van der Waals surface area (Å²) < 4.78 is 4.92. The van der Waals surface area contributed by atoms with Crippen molar-refractivity contribution in [1.29, 1.82) is 0 Å². The van der Waals surface area contributed by atoms with Crippen molar-refractivity contribution in [3.05, 3.63) is 48.0 Å². The van der Waals surface area contributed by atoms with Crippen LogP contribution in [0.5, 0.6) is 0 Å². The van der Waals surface area contributed by atoms with Gasteiger partial charge < -0.3 is 15.8 Å². The molecule has 0 bridgehead atoms. The summed E-state index contributed by atoms with van der Waals surface area (Å²) in [6, 6.07) is 12.0. The Balaban J connectivity index is 2.10. The predicted molar refractivity (Wildman–Crippen MR) is 94.8 cm³/mol. The molecule has 0 saturated heterocycles. The molecule has 2 atom stereocenters. The van der Waals surface area contributed by atoms with Gasteiger partial charge in [-0.15, -0.1) is 0 Å². The summed E-state index contributed by atoms with van der Waals surface area (Å²) in [6.45, 7) is 3.60. The molecule has 6 heteroatoms. The molecule has 0 aliphatic carbocycles. The average Bonchev–Trinajstić information content (AvgIpc) is 2.60. The van der Waals surface area contributed by atoms with E-state index in [9.17, 15) is 14.4 Å². The van der Waals surface area contributed by atoms with E-state index in [2.05, 4.69) is 5.32 Å². The van der Waals surface area contributed by atoms with Crippen LogP contribution in [0.1, 0.15) is 30.6 Å². The number of amides is 2. The second-order valence-corrected chi connectivity index (χ2v) is 5.88. The molecule has 0 unspecified atom stereocenters. The van der Waals surface area contributed by atoms with Crippen LogP contribution in [0.15, 0.2) is 42.5 Å². The van der Waals surface area contributed by atoms with Crippen LogP contribution in [-0.2, 0) is 14.3 Å². The number of hydrogen-bond acceptors (Lipinski definition) is 4. The molecule has 0 spiro atoms. The van der Waals surface area contributed by atoms with Gasteiger partial charge in [0.05, 0.1) is 12.5 Å². The zero-order valence-electron chi connectivity index (χ0n) is 14.3. The highest BCUT2D eigenvalue weighted by molar-refractivity contribution is 6.00. The lowest BCUT2D eigenvalue weighted by atomic mass is 10.0. The first kappa shape index (κ1) is 18.4. The van der Waals surface area contributed by atoms with Gasteiger partial charge in [-0.3, -0.25) is 14.4 Å². The SMILES string of the molecule is CCOC(=O)[C@H](C)C[C@@H](NC(=O)c1ccc2ccccc2c1)C(N)=O. The number of primary amides is 1. The molecular weight excluding hydrogens is 320 g/mol. The Kier molecular flexibility index (Phi) is 6.11. The Morgan fingerprint density at radius 1 is 1.12 bits per heavy atom. The average molecular weight is 342 g/mol. The highest BCUT2D eigenvalue weighted by atomic mass is 16.5. The van der Waals surface area contributed by atoms with Crippen LogP contribution in [-0.4, -0.2) is 30.4 Å². The monoisotopic (exact) mass is 342 g/mol. The van der Waals surface area contributed by atoms with E-state index in [1.807, 2.05) is 30.3 Å². The zero-order chi connectivity index (χ0) is 18.4. The Labute approximate surface area is 146 Å². The van der Waals surface area contributed by atoms with Crippen LogP contribution in [0, 0.1) is 5.92 Å². The lowest BCUT2D eigenvalue weighted by Crippen LogP contribution is -2.46. The number of esters is 1. The minimum absolute atomic E-state index is 0.0908. The molecule has 6 nitrogen and oxygen atoms in total. The molecule has 2 amide bonds. The van der Waals surface area contributed by atoms with Crippen LogP contribution in [0.2, 0.25) is 0 Å². The molecule has 0 aromatic heterocycles. The van der Waals surface area contributed by atoms with Crippen LogP contribution >= 0.6 is 0 Å². The fraction of sp³-hybridized carbons (Fsp3) is 0.316. The molecule has 2 rings (SSSR count). The maximum absolute atomic E-state index is 12.4. The number of carbonyl (C=O) groups is 3. The number of nitrogens with two attached hydrogens (primary N) is 1. The first-order valence-electron chi connectivity index (χ1n) is 8.18. The summed E-state index contributed by atoms with van der Waals surface area (Å²) in [5, 5.41) is 4.54. The van der Waals surface area contributed by atoms with E-state index >= 15 is 0 Å². The Hall–Kier alpha value is -2.89. The number of ether oxygens (including phenoxy) is 1. The molecule has 0 aliphatic rings. The Morgan fingerprint density at radius 3 is 2.44 bits per heavy atom. The molecule has 0 heterocycles. The third kappa shape index (κ3) is 4.79. The number of benzene rings is 2. The Morgan fingerprint density at radius 2 is 1.80 bits per heavy atom. The van der Waals surface area contributed by atoms with Crippen molar-refractivity contribution in [2.24, 2.45) is 11.7 Å². The van der Waals surface area contributed by atoms with E-state index in [0.717, 1.165) is 10.8 Å². The van der Waals surface area contributed by atoms with Crippen molar-refractivity contribution in [1.82, 2.24) is 5.32 Å². The van der Waals surface area contributed by atoms with Gasteiger partial charge in [0.2, 0.25) is 5.91 Å². The lowest BCUT2D eigenvalue weighted by Gasteiger charge is -2.19. The van der Waals surface area contributed by atoms with Crippen molar-refractivity contribution < 1.29 is 19.1 Å². The molecule has 25 heavy (non-hydrogen) atoms. The minimum atomic E-state index is -0.946. The Bertz CT molecular complexity index is 788. The minimum Gasteiger partial charge on any atom is -0.466 e. The predicted octanol–water partition coefficient (Wildman–Crippen LogP) is 2.01. The number of nitrogens with one attached hydrogen (secondary N) is 1. The highest BCUT2D eigenvalue weighted by Gasteiger charge is 2.25. The first-order chi connectivity index (χ1) is 11.9. The van der Waals surface area contributed by atoms with Crippen LogP contribution in [0.25, 0.3) is 10.8 Å². The van der Waals surface area contributed by atoms with Gasteiger partial charge >= 0.3 is 5.97 Å². The van der Waals surface area contributed by atoms with Crippen LogP contribution in [0.3, 0.4) is 0 Å². The smallest absolute Gasteiger partial charge is 0.308 e. The van der Waals surface area contributed by atoms with Crippen molar-refractivity contribution in [3.8, 4) is 0 Å². The van der Waals surface area contributed by atoms with Crippen molar-refractivity contribution >= 4 is 28.6 Å². The summed E-state index contributed by atoms with van der Waals surface area (Å²) in [7, 11) is 0. The fourth-order valence-corrected chi connectivity index (χ4v) is 2.55. The van der Waals surface area contributed by atoms with E-state index in [0.29, 0.717) is 5.56 Å². The van der Waals surface area contributed by atoms with Gasteiger partial charge in [-0.1, -0.05) is 37.3 Å². The highest BCUT2D eigenvalue weighted by Crippen LogP contribution is 2.16. The molecule has 0 radical (unpaired) electrons. The third-order valence-electron chi connectivity index (χ3n) is 3.94. The molecule has 2 aromatic rings. The molecule has 2 aromatic carbocycles. The largest absolute Gasteiger partial charge is 0.466 e. The molecule has 132 valence electrons. The molecule has 0 saturated carbocycles. The van der Waals surface area contributed by atoms with Crippen molar-refractivity contribution in [2.45, 2.75) is 26.3 Å². The van der Waals surface area contributed by atoms with Gasteiger partial charge in [-0.25, -0.2) is 0 Å². The fourth-order valence-electron chi connectivity index (χ4n) is 2.55. The molecule has 0 aliphatic heterocycles. The quantitative estimate of drug-likeness (QED) is 0.752.